The molecule has 0 aliphatic heterocycles. The molecule has 5 nitrogen and oxygen atoms in total. The Bertz CT molecular complexity index is 677. The summed E-state index contributed by atoms with van der Waals surface area (Å²) in [4.78, 5) is 8.49. The van der Waals surface area contributed by atoms with Gasteiger partial charge in [0.15, 0.2) is 5.96 Å². The van der Waals surface area contributed by atoms with E-state index in [0.717, 1.165) is 24.5 Å². The van der Waals surface area contributed by atoms with Gasteiger partial charge < -0.3 is 15.4 Å². The largest absolute Gasteiger partial charge is 0.439 e. The molecule has 26 heavy (non-hydrogen) atoms. The van der Waals surface area contributed by atoms with Crippen LogP contribution in [0.3, 0.4) is 0 Å². The van der Waals surface area contributed by atoms with Crippen molar-refractivity contribution in [2.24, 2.45) is 4.99 Å². The number of pyridine rings is 1. The summed E-state index contributed by atoms with van der Waals surface area (Å²) in [6.45, 7) is 1.53. The number of hydrogen-bond donors (Lipinski definition) is 2. The number of benzene rings is 1. The maximum Gasteiger partial charge on any atom is 0.219 e. The monoisotopic (exact) mass is 376 g/mol. The summed E-state index contributed by atoms with van der Waals surface area (Å²) in [6.07, 6.45) is 6.19. The standard InChI is InChI=1S/C19H25FN4OS/c1-21-19(22-11-3-4-12-26-2)24-14-15-5-10-18(23-13-15)25-17-8-6-16(20)7-9-17/h5-10,13H,3-4,11-12,14H2,1-2H3,(H2,21,22,24). The Morgan fingerprint density at radius 2 is 1.96 bits per heavy atom. The predicted octanol–water partition coefficient (Wildman–Crippen LogP) is 3.82. The molecule has 2 aromatic rings. The topological polar surface area (TPSA) is 58.5 Å². The molecule has 0 spiro atoms. The molecular weight excluding hydrogens is 351 g/mol. The molecule has 1 aromatic heterocycles. The first-order valence-electron chi connectivity index (χ1n) is 8.53. The SMILES string of the molecule is CN=C(NCCCCSC)NCc1ccc(Oc2ccc(F)cc2)nc1. The Kier molecular flexibility index (Phi) is 8.75. The van der Waals surface area contributed by atoms with Crippen molar-refractivity contribution in [1.82, 2.24) is 15.6 Å². The number of unbranched alkanes of at least 4 members (excludes halogenated alkanes) is 1. The number of hydrogen-bond acceptors (Lipinski definition) is 4. The van der Waals surface area contributed by atoms with E-state index in [1.807, 2.05) is 17.8 Å². The molecule has 0 fully saturated rings. The molecule has 2 rings (SSSR count). The molecule has 7 heteroatoms. The van der Waals surface area contributed by atoms with Gasteiger partial charge in [-0.25, -0.2) is 9.37 Å². The van der Waals surface area contributed by atoms with Gasteiger partial charge in [-0.3, -0.25) is 4.99 Å². The molecule has 0 amide bonds. The number of ether oxygens (including phenoxy) is 1. The van der Waals surface area contributed by atoms with Gasteiger partial charge in [-0.2, -0.15) is 11.8 Å². The first kappa shape index (κ1) is 20.0. The third-order valence-electron chi connectivity index (χ3n) is 3.58. The summed E-state index contributed by atoms with van der Waals surface area (Å²) in [5.74, 6) is 2.69. The average molecular weight is 377 g/mol. The van der Waals surface area contributed by atoms with Crippen molar-refractivity contribution in [3.05, 3.63) is 54.0 Å². The van der Waals surface area contributed by atoms with Crippen LogP contribution in [-0.4, -0.2) is 36.5 Å². The van der Waals surface area contributed by atoms with Gasteiger partial charge in [0.05, 0.1) is 0 Å². The van der Waals surface area contributed by atoms with Crippen LogP contribution in [0, 0.1) is 5.82 Å². The second kappa shape index (κ2) is 11.4. The number of guanidine groups is 1. The molecule has 1 aromatic carbocycles. The van der Waals surface area contributed by atoms with E-state index < -0.39 is 0 Å². The summed E-state index contributed by atoms with van der Waals surface area (Å²) < 4.78 is 18.5. The third kappa shape index (κ3) is 7.31. The highest BCUT2D eigenvalue weighted by Gasteiger charge is 2.02. The molecular formula is C19H25FN4OS. The van der Waals surface area contributed by atoms with Crippen molar-refractivity contribution in [1.29, 1.82) is 0 Å². The molecule has 0 bridgehead atoms. The van der Waals surface area contributed by atoms with Gasteiger partial charge in [0.2, 0.25) is 5.88 Å². The Morgan fingerprint density at radius 1 is 1.15 bits per heavy atom. The van der Waals surface area contributed by atoms with Crippen molar-refractivity contribution < 1.29 is 9.13 Å². The molecule has 0 saturated heterocycles. The molecule has 0 radical (unpaired) electrons. The zero-order valence-corrected chi connectivity index (χ0v) is 16.0. The number of thioether (sulfide) groups is 1. The van der Waals surface area contributed by atoms with E-state index in [4.69, 9.17) is 4.74 Å². The molecule has 140 valence electrons. The average Bonchev–Trinajstić information content (AvgIpc) is 2.67. The summed E-state index contributed by atoms with van der Waals surface area (Å²) >= 11 is 1.87. The molecule has 0 aliphatic carbocycles. The fourth-order valence-electron chi connectivity index (χ4n) is 2.18. The van der Waals surface area contributed by atoms with Crippen molar-refractivity contribution in [2.75, 3.05) is 25.6 Å². The highest BCUT2D eigenvalue weighted by molar-refractivity contribution is 7.98. The van der Waals surface area contributed by atoms with Crippen LogP contribution in [0.15, 0.2) is 47.6 Å². The van der Waals surface area contributed by atoms with Gasteiger partial charge in [0, 0.05) is 32.4 Å². The Hall–Kier alpha value is -2.28. The van der Waals surface area contributed by atoms with Gasteiger partial charge in [-0.05, 0) is 54.7 Å². The lowest BCUT2D eigenvalue weighted by Gasteiger charge is -2.12. The van der Waals surface area contributed by atoms with Gasteiger partial charge in [-0.1, -0.05) is 6.07 Å². The minimum absolute atomic E-state index is 0.294. The predicted molar refractivity (Wildman–Crippen MR) is 107 cm³/mol. The number of halogens is 1. The molecule has 1 heterocycles. The third-order valence-corrected chi connectivity index (χ3v) is 4.28. The Balaban J connectivity index is 1.76. The Labute approximate surface area is 158 Å². The van der Waals surface area contributed by atoms with Gasteiger partial charge in [0.25, 0.3) is 0 Å². The number of nitrogens with zero attached hydrogens (tertiary/aromatic N) is 2. The van der Waals surface area contributed by atoms with Crippen LogP contribution in [0.5, 0.6) is 11.6 Å². The van der Waals surface area contributed by atoms with Gasteiger partial charge >= 0.3 is 0 Å². The van der Waals surface area contributed by atoms with Crippen LogP contribution < -0.4 is 15.4 Å². The van der Waals surface area contributed by atoms with E-state index >= 15 is 0 Å². The van der Waals surface area contributed by atoms with E-state index in [0.29, 0.717) is 18.2 Å². The number of rotatable bonds is 9. The van der Waals surface area contributed by atoms with E-state index in [1.165, 1.54) is 24.3 Å². The quantitative estimate of drug-likeness (QED) is 0.396. The number of nitrogens with one attached hydrogen (secondary N) is 2. The normalized spacial score (nSPS) is 11.3. The molecule has 0 saturated carbocycles. The van der Waals surface area contributed by atoms with E-state index in [-0.39, 0.29) is 5.82 Å². The lowest BCUT2D eigenvalue weighted by Crippen LogP contribution is -2.37. The zero-order chi connectivity index (χ0) is 18.6. The van der Waals surface area contributed by atoms with Crippen LogP contribution in [0.1, 0.15) is 18.4 Å². The molecule has 0 atom stereocenters. The first-order valence-corrected chi connectivity index (χ1v) is 9.92. The number of aliphatic imine (C=N–C) groups is 1. The highest BCUT2D eigenvalue weighted by Crippen LogP contribution is 2.19. The van der Waals surface area contributed by atoms with Crippen LogP contribution in [0.25, 0.3) is 0 Å². The second-order valence-corrected chi connectivity index (χ2v) is 6.60. The smallest absolute Gasteiger partial charge is 0.219 e. The van der Waals surface area contributed by atoms with Crippen molar-refractivity contribution in [2.45, 2.75) is 19.4 Å². The highest BCUT2D eigenvalue weighted by atomic mass is 32.2. The molecule has 0 unspecified atom stereocenters. The van der Waals surface area contributed by atoms with Crippen molar-refractivity contribution in [3.63, 3.8) is 0 Å². The molecule has 0 aliphatic rings. The Morgan fingerprint density at radius 3 is 2.62 bits per heavy atom. The summed E-state index contributed by atoms with van der Waals surface area (Å²) in [7, 11) is 1.76. The van der Waals surface area contributed by atoms with Crippen molar-refractivity contribution >= 4 is 17.7 Å². The summed E-state index contributed by atoms with van der Waals surface area (Å²) in [6, 6.07) is 9.58. The second-order valence-electron chi connectivity index (χ2n) is 5.61. The van der Waals surface area contributed by atoms with E-state index in [9.17, 15) is 4.39 Å². The maximum atomic E-state index is 12.9. The van der Waals surface area contributed by atoms with Crippen LogP contribution in [-0.2, 0) is 6.54 Å². The number of aromatic nitrogens is 1. The minimum atomic E-state index is -0.294. The van der Waals surface area contributed by atoms with E-state index in [1.54, 1.807) is 31.4 Å². The first-order chi connectivity index (χ1) is 12.7. The van der Waals surface area contributed by atoms with Gasteiger partial charge in [0.1, 0.15) is 11.6 Å². The lowest BCUT2D eigenvalue weighted by molar-refractivity contribution is 0.461. The van der Waals surface area contributed by atoms with Crippen LogP contribution in [0.2, 0.25) is 0 Å². The molecule has 2 N–H and O–H groups in total. The summed E-state index contributed by atoms with van der Waals surface area (Å²) in [5.41, 5.74) is 1.02. The minimum Gasteiger partial charge on any atom is -0.439 e. The fourth-order valence-corrected chi connectivity index (χ4v) is 2.68. The maximum absolute atomic E-state index is 12.9. The van der Waals surface area contributed by atoms with Crippen LogP contribution >= 0.6 is 11.8 Å². The van der Waals surface area contributed by atoms with Crippen LogP contribution in [0.4, 0.5) is 4.39 Å². The lowest BCUT2D eigenvalue weighted by atomic mass is 10.3. The van der Waals surface area contributed by atoms with E-state index in [2.05, 4.69) is 26.9 Å². The van der Waals surface area contributed by atoms with Crippen molar-refractivity contribution in [3.8, 4) is 11.6 Å². The zero-order valence-electron chi connectivity index (χ0n) is 15.2. The van der Waals surface area contributed by atoms with Gasteiger partial charge in [-0.15, -0.1) is 0 Å². The summed E-state index contributed by atoms with van der Waals surface area (Å²) in [5, 5.41) is 6.56. The fraction of sp³-hybridized carbons (Fsp3) is 0.368.